The fourth-order valence-electron chi connectivity index (χ4n) is 1.87. The third-order valence-electron chi connectivity index (χ3n) is 3.04. The first-order valence-corrected chi connectivity index (χ1v) is 6.26. The van der Waals surface area contributed by atoms with Crippen molar-refractivity contribution in [2.45, 2.75) is 18.4 Å². The van der Waals surface area contributed by atoms with E-state index in [9.17, 15) is 9.18 Å². The first kappa shape index (κ1) is 13.2. The van der Waals surface area contributed by atoms with E-state index in [4.69, 9.17) is 16.3 Å². The van der Waals surface area contributed by atoms with Crippen LogP contribution in [-0.2, 0) is 4.74 Å². The Labute approximate surface area is 109 Å². The normalized spacial score (nSPS) is 18.3. The molecule has 0 spiro atoms. The Morgan fingerprint density at radius 2 is 2.22 bits per heavy atom. The molecule has 0 saturated carbocycles. The molecule has 0 bridgehead atoms. The van der Waals surface area contributed by atoms with Gasteiger partial charge in [-0.3, -0.25) is 4.79 Å². The molecule has 1 fully saturated rings. The van der Waals surface area contributed by atoms with Gasteiger partial charge in [-0.25, -0.2) is 9.37 Å². The first-order valence-electron chi connectivity index (χ1n) is 5.73. The molecule has 18 heavy (non-hydrogen) atoms. The lowest BCUT2D eigenvalue weighted by atomic mass is 9.92. The molecule has 1 saturated heterocycles. The molecule has 0 atom stereocenters. The number of hydrogen-bond donors (Lipinski definition) is 1. The summed E-state index contributed by atoms with van der Waals surface area (Å²) in [4.78, 5) is 15.7. The van der Waals surface area contributed by atoms with Crippen molar-refractivity contribution in [1.82, 2.24) is 10.3 Å². The Morgan fingerprint density at radius 1 is 1.50 bits per heavy atom. The van der Waals surface area contributed by atoms with Gasteiger partial charge in [-0.1, -0.05) is 0 Å². The molecule has 2 rings (SSSR count). The van der Waals surface area contributed by atoms with Crippen molar-refractivity contribution in [3.05, 3.63) is 29.8 Å². The van der Waals surface area contributed by atoms with E-state index in [0.717, 1.165) is 6.20 Å². The van der Waals surface area contributed by atoms with Crippen LogP contribution in [0.4, 0.5) is 4.39 Å². The molecule has 0 unspecified atom stereocenters. The van der Waals surface area contributed by atoms with Crippen LogP contribution in [0, 0.1) is 5.82 Å². The SMILES string of the molecule is O=C(NC1(CCl)CCOCC1)c1ccc(F)cn1. The van der Waals surface area contributed by atoms with Crippen molar-refractivity contribution in [1.29, 1.82) is 0 Å². The lowest BCUT2D eigenvalue weighted by molar-refractivity contribution is 0.0432. The highest BCUT2D eigenvalue weighted by Gasteiger charge is 2.33. The Bertz CT molecular complexity index is 419. The maximum atomic E-state index is 12.7. The van der Waals surface area contributed by atoms with Crippen LogP contribution < -0.4 is 5.32 Å². The summed E-state index contributed by atoms with van der Waals surface area (Å²) in [6, 6.07) is 2.56. The number of aromatic nitrogens is 1. The molecule has 4 nitrogen and oxygen atoms in total. The average molecular weight is 273 g/mol. The van der Waals surface area contributed by atoms with Gasteiger partial charge in [-0.05, 0) is 25.0 Å². The minimum Gasteiger partial charge on any atom is -0.381 e. The highest BCUT2D eigenvalue weighted by Crippen LogP contribution is 2.22. The maximum Gasteiger partial charge on any atom is 0.270 e. The predicted molar refractivity (Wildman–Crippen MR) is 65.2 cm³/mol. The third-order valence-corrected chi connectivity index (χ3v) is 3.56. The summed E-state index contributed by atoms with van der Waals surface area (Å²) >= 11 is 5.94. The van der Waals surface area contributed by atoms with E-state index in [1.54, 1.807) is 0 Å². The molecular weight excluding hydrogens is 259 g/mol. The summed E-state index contributed by atoms with van der Waals surface area (Å²) in [5.41, 5.74) is -0.264. The molecule has 0 radical (unpaired) electrons. The van der Waals surface area contributed by atoms with Crippen molar-refractivity contribution in [3.8, 4) is 0 Å². The molecule has 1 N–H and O–H groups in total. The summed E-state index contributed by atoms with van der Waals surface area (Å²) in [7, 11) is 0. The van der Waals surface area contributed by atoms with Gasteiger partial charge in [0.1, 0.15) is 11.5 Å². The van der Waals surface area contributed by atoms with Crippen molar-refractivity contribution < 1.29 is 13.9 Å². The van der Waals surface area contributed by atoms with E-state index in [0.29, 0.717) is 31.9 Å². The number of nitrogens with zero attached hydrogens (tertiary/aromatic N) is 1. The number of amides is 1. The molecule has 1 aliphatic heterocycles. The van der Waals surface area contributed by atoms with E-state index < -0.39 is 11.4 Å². The van der Waals surface area contributed by atoms with Gasteiger partial charge in [0.05, 0.1) is 11.7 Å². The molecule has 0 aliphatic carbocycles. The maximum absolute atomic E-state index is 12.7. The molecule has 1 amide bonds. The summed E-state index contributed by atoms with van der Waals surface area (Å²) in [6.07, 6.45) is 2.36. The fourth-order valence-corrected chi connectivity index (χ4v) is 2.20. The van der Waals surface area contributed by atoms with Crippen LogP contribution in [0.25, 0.3) is 0 Å². The van der Waals surface area contributed by atoms with Gasteiger partial charge >= 0.3 is 0 Å². The average Bonchev–Trinajstić information content (AvgIpc) is 2.40. The zero-order chi connectivity index (χ0) is 13.0. The third kappa shape index (κ3) is 2.97. The number of ether oxygens (including phenoxy) is 1. The summed E-state index contributed by atoms with van der Waals surface area (Å²) in [5, 5.41) is 2.88. The van der Waals surface area contributed by atoms with Gasteiger partial charge in [0.2, 0.25) is 0 Å². The number of pyridine rings is 1. The Morgan fingerprint density at radius 3 is 2.78 bits per heavy atom. The monoisotopic (exact) mass is 272 g/mol. The standard InChI is InChI=1S/C12H14ClFN2O2/c13-8-12(3-5-18-6-4-12)16-11(17)10-2-1-9(14)7-15-10/h1-2,7H,3-6,8H2,(H,16,17). The number of alkyl halides is 1. The Hall–Kier alpha value is -1.20. The molecule has 98 valence electrons. The molecule has 1 aromatic heterocycles. The van der Waals surface area contributed by atoms with Gasteiger partial charge in [-0.15, -0.1) is 11.6 Å². The topological polar surface area (TPSA) is 51.2 Å². The lowest BCUT2D eigenvalue weighted by Crippen LogP contribution is -2.53. The second-order valence-corrected chi connectivity index (χ2v) is 4.61. The minimum absolute atomic E-state index is 0.187. The van der Waals surface area contributed by atoms with Gasteiger partial charge < -0.3 is 10.1 Å². The highest BCUT2D eigenvalue weighted by molar-refractivity contribution is 6.19. The smallest absolute Gasteiger partial charge is 0.270 e. The minimum atomic E-state index is -0.468. The largest absolute Gasteiger partial charge is 0.381 e. The highest BCUT2D eigenvalue weighted by atomic mass is 35.5. The van der Waals surface area contributed by atoms with Crippen molar-refractivity contribution in [2.75, 3.05) is 19.1 Å². The van der Waals surface area contributed by atoms with Crippen LogP contribution in [0.3, 0.4) is 0 Å². The number of carbonyl (C=O) groups excluding carboxylic acids is 1. The quantitative estimate of drug-likeness (QED) is 0.853. The first-order chi connectivity index (χ1) is 8.65. The van der Waals surface area contributed by atoms with Crippen LogP contribution >= 0.6 is 11.6 Å². The summed E-state index contributed by atoms with van der Waals surface area (Å²) in [6.45, 7) is 1.15. The van der Waals surface area contributed by atoms with E-state index in [2.05, 4.69) is 10.3 Å². The van der Waals surface area contributed by atoms with Crippen molar-refractivity contribution >= 4 is 17.5 Å². The number of hydrogen-bond acceptors (Lipinski definition) is 3. The van der Waals surface area contributed by atoms with Gasteiger partial charge in [-0.2, -0.15) is 0 Å². The van der Waals surface area contributed by atoms with Crippen LogP contribution in [0.1, 0.15) is 23.3 Å². The molecule has 0 aromatic carbocycles. The van der Waals surface area contributed by atoms with Gasteiger partial charge in [0.25, 0.3) is 5.91 Å². The predicted octanol–water partition coefficient (Wildman–Crippen LogP) is 1.74. The summed E-state index contributed by atoms with van der Waals surface area (Å²) < 4.78 is 18.0. The van der Waals surface area contributed by atoms with Gasteiger partial charge in [0.15, 0.2) is 0 Å². The number of halogens is 2. The zero-order valence-corrected chi connectivity index (χ0v) is 10.5. The van der Waals surface area contributed by atoms with E-state index in [-0.39, 0.29) is 11.6 Å². The van der Waals surface area contributed by atoms with Crippen molar-refractivity contribution in [3.63, 3.8) is 0 Å². The van der Waals surface area contributed by atoms with Crippen LogP contribution in [-0.4, -0.2) is 35.5 Å². The molecule has 2 heterocycles. The molecule has 1 aliphatic rings. The molecular formula is C12H14ClFN2O2. The van der Waals surface area contributed by atoms with E-state index in [1.807, 2.05) is 0 Å². The number of carbonyl (C=O) groups is 1. The molecule has 1 aromatic rings. The summed E-state index contributed by atoms with van der Waals surface area (Å²) in [5.74, 6) is -0.481. The lowest BCUT2D eigenvalue weighted by Gasteiger charge is -2.36. The second-order valence-electron chi connectivity index (χ2n) is 4.34. The van der Waals surface area contributed by atoms with Gasteiger partial charge in [0, 0.05) is 19.1 Å². The van der Waals surface area contributed by atoms with Crippen LogP contribution in [0.5, 0.6) is 0 Å². The number of rotatable bonds is 3. The van der Waals surface area contributed by atoms with Crippen molar-refractivity contribution in [2.24, 2.45) is 0 Å². The van der Waals surface area contributed by atoms with E-state index >= 15 is 0 Å². The number of nitrogens with one attached hydrogen (secondary N) is 1. The second kappa shape index (κ2) is 5.63. The fraction of sp³-hybridized carbons (Fsp3) is 0.500. The zero-order valence-electron chi connectivity index (χ0n) is 9.79. The van der Waals surface area contributed by atoms with Crippen LogP contribution in [0.2, 0.25) is 0 Å². The van der Waals surface area contributed by atoms with Crippen LogP contribution in [0.15, 0.2) is 18.3 Å². The van der Waals surface area contributed by atoms with E-state index in [1.165, 1.54) is 12.1 Å². The Kier molecular flexibility index (Phi) is 4.14. The molecule has 6 heteroatoms. The Balaban J connectivity index is 2.07.